The van der Waals surface area contributed by atoms with Crippen molar-refractivity contribution in [2.75, 3.05) is 4.90 Å². The molecule has 0 saturated carbocycles. The average molecular weight is 766 g/mol. The van der Waals surface area contributed by atoms with Crippen molar-refractivity contribution in [2.45, 2.75) is 0 Å². The first-order valence-electron chi connectivity index (χ1n) is 20.5. The Hall–Kier alpha value is -7.94. The predicted octanol–water partition coefficient (Wildman–Crippen LogP) is 16.5. The zero-order valence-electron chi connectivity index (χ0n) is 32.9. The van der Waals surface area contributed by atoms with Gasteiger partial charge in [0.15, 0.2) is 0 Å². The van der Waals surface area contributed by atoms with Gasteiger partial charge in [-0.2, -0.15) is 0 Å². The Morgan fingerprint density at radius 2 is 0.750 bits per heavy atom. The van der Waals surface area contributed by atoms with Crippen LogP contribution in [0.3, 0.4) is 0 Å². The van der Waals surface area contributed by atoms with Gasteiger partial charge in [0.25, 0.3) is 0 Å². The third-order valence-corrected chi connectivity index (χ3v) is 11.7. The maximum Gasteiger partial charge on any atom is 0.143 e. The molecule has 1 aromatic heterocycles. The van der Waals surface area contributed by atoms with E-state index in [-0.39, 0.29) is 0 Å². The lowest BCUT2D eigenvalue weighted by Crippen LogP contribution is -2.10. The highest BCUT2D eigenvalue weighted by Gasteiger charge is 2.22. The van der Waals surface area contributed by atoms with Crippen LogP contribution in [0.1, 0.15) is 0 Å². The van der Waals surface area contributed by atoms with E-state index in [0.29, 0.717) is 0 Å². The Kier molecular flexibility index (Phi) is 8.87. The first-order chi connectivity index (χ1) is 29.7. The molecule has 0 unspecified atom stereocenters. The fourth-order valence-corrected chi connectivity index (χ4v) is 8.72. The molecular formula is C58H39NO. The van der Waals surface area contributed by atoms with Crippen molar-refractivity contribution >= 4 is 49.8 Å². The molecule has 0 amide bonds. The highest BCUT2D eigenvalue weighted by atomic mass is 16.3. The number of benzene rings is 10. The number of furan rings is 1. The van der Waals surface area contributed by atoms with Gasteiger partial charge in [0, 0.05) is 32.9 Å². The molecule has 10 aromatic carbocycles. The summed E-state index contributed by atoms with van der Waals surface area (Å²) in [7, 11) is 0. The van der Waals surface area contributed by atoms with Gasteiger partial charge in [0.1, 0.15) is 11.2 Å². The van der Waals surface area contributed by atoms with Crippen LogP contribution in [0.2, 0.25) is 0 Å². The highest BCUT2D eigenvalue weighted by Crippen LogP contribution is 2.47. The van der Waals surface area contributed by atoms with E-state index < -0.39 is 0 Å². The average Bonchev–Trinajstić information content (AvgIpc) is 3.72. The van der Waals surface area contributed by atoms with E-state index >= 15 is 0 Å². The molecule has 0 radical (unpaired) electrons. The lowest BCUT2D eigenvalue weighted by atomic mass is 9.94. The summed E-state index contributed by atoms with van der Waals surface area (Å²) in [5, 5.41) is 4.37. The van der Waals surface area contributed by atoms with Gasteiger partial charge in [-0.3, -0.25) is 0 Å². The third kappa shape index (κ3) is 6.41. The van der Waals surface area contributed by atoms with E-state index in [9.17, 15) is 0 Å². The topological polar surface area (TPSA) is 16.4 Å². The minimum absolute atomic E-state index is 0.870. The lowest BCUT2D eigenvalue weighted by Gasteiger charge is -2.28. The number of rotatable bonds is 8. The molecule has 0 bridgehead atoms. The van der Waals surface area contributed by atoms with Gasteiger partial charge in [-0.05, 0) is 98.1 Å². The Morgan fingerprint density at radius 3 is 1.40 bits per heavy atom. The van der Waals surface area contributed by atoms with Crippen LogP contribution in [0.15, 0.2) is 241 Å². The van der Waals surface area contributed by atoms with Crippen molar-refractivity contribution in [2.24, 2.45) is 0 Å². The van der Waals surface area contributed by atoms with Crippen LogP contribution in [-0.4, -0.2) is 0 Å². The second-order valence-corrected chi connectivity index (χ2v) is 15.3. The lowest BCUT2D eigenvalue weighted by molar-refractivity contribution is 0.673. The van der Waals surface area contributed by atoms with Gasteiger partial charge < -0.3 is 9.32 Å². The molecule has 2 heteroatoms. The van der Waals surface area contributed by atoms with Crippen molar-refractivity contribution in [3.05, 3.63) is 237 Å². The molecule has 11 rings (SSSR count). The van der Waals surface area contributed by atoms with Crippen LogP contribution >= 0.6 is 0 Å². The van der Waals surface area contributed by atoms with Gasteiger partial charge >= 0.3 is 0 Å². The summed E-state index contributed by atoms with van der Waals surface area (Å²) >= 11 is 0. The van der Waals surface area contributed by atoms with E-state index in [0.717, 1.165) is 66.5 Å². The number of hydrogen-bond donors (Lipinski definition) is 0. The number of anilines is 3. The van der Waals surface area contributed by atoms with Crippen LogP contribution < -0.4 is 4.90 Å². The quantitative estimate of drug-likeness (QED) is 0.153. The maximum absolute atomic E-state index is 6.85. The molecule has 2 nitrogen and oxygen atoms in total. The van der Waals surface area contributed by atoms with E-state index in [1.165, 1.54) is 38.9 Å². The van der Waals surface area contributed by atoms with Gasteiger partial charge in [0.05, 0.1) is 5.69 Å². The highest BCUT2D eigenvalue weighted by molar-refractivity contribution is 6.22. The van der Waals surface area contributed by atoms with Crippen molar-refractivity contribution in [1.82, 2.24) is 0 Å². The van der Waals surface area contributed by atoms with Crippen LogP contribution in [0.4, 0.5) is 17.1 Å². The van der Waals surface area contributed by atoms with Crippen LogP contribution in [0, 0.1) is 0 Å². The third-order valence-electron chi connectivity index (χ3n) is 11.7. The molecule has 0 spiro atoms. The fraction of sp³-hybridized carbons (Fsp3) is 0. The van der Waals surface area contributed by atoms with Crippen molar-refractivity contribution in [3.8, 4) is 55.6 Å². The Morgan fingerprint density at radius 1 is 0.283 bits per heavy atom. The first kappa shape index (κ1) is 35.2. The number of hydrogen-bond acceptors (Lipinski definition) is 2. The Labute approximate surface area is 349 Å². The van der Waals surface area contributed by atoms with Gasteiger partial charge in [-0.25, -0.2) is 0 Å². The summed E-state index contributed by atoms with van der Waals surface area (Å²) in [6.07, 6.45) is 0. The summed E-state index contributed by atoms with van der Waals surface area (Å²) in [5.41, 5.74) is 16.8. The smallest absolute Gasteiger partial charge is 0.143 e. The molecule has 0 N–H and O–H groups in total. The second kappa shape index (κ2) is 15.1. The molecule has 0 atom stereocenters. The summed E-state index contributed by atoms with van der Waals surface area (Å²) < 4.78 is 6.85. The van der Waals surface area contributed by atoms with Crippen LogP contribution in [0.25, 0.3) is 88.3 Å². The SMILES string of the molecule is c1ccc(-c2ccc(-c3cccc(N(c4ccc(-c5ccccc5)cc4)c4cc5c(oc6cccc(-c7cccc(-c8ccccc8)c7)c65)c5ccccc45)c3)cc2)cc1. The summed E-state index contributed by atoms with van der Waals surface area (Å²) in [5.74, 6) is 0. The van der Waals surface area contributed by atoms with E-state index in [2.05, 4.69) is 241 Å². The maximum atomic E-state index is 6.85. The van der Waals surface area contributed by atoms with Crippen molar-refractivity contribution in [3.63, 3.8) is 0 Å². The minimum Gasteiger partial charge on any atom is -0.455 e. The Bertz CT molecular complexity index is 3280. The predicted molar refractivity (Wildman–Crippen MR) is 253 cm³/mol. The van der Waals surface area contributed by atoms with E-state index in [1.807, 2.05) is 0 Å². The molecule has 60 heavy (non-hydrogen) atoms. The molecule has 1 heterocycles. The standard InChI is InChI=1S/C58H39NO/c1-4-15-40(16-5-1)43-29-31-45(32-30-43)47-22-13-24-50(38-47)59(49-35-33-44(34-36-49)41-17-6-2-7-18-41)55-39-54-57-51(48-23-12-21-46(37-48)42-19-8-3-9-20-42)27-14-28-56(57)60-58(54)53-26-11-10-25-52(53)55/h1-39H. The van der Waals surface area contributed by atoms with Gasteiger partial charge in [-0.15, -0.1) is 0 Å². The van der Waals surface area contributed by atoms with Crippen molar-refractivity contribution < 1.29 is 4.42 Å². The summed E-state index contributed by atoms with van der Waals surface area (Å²) in [6.45, 7) is 0. The molecule has 0 saturated heterocycles. The van der Waals surface area contributed by atoms with Gasteiger partial charge in [-0.1, -0.05) is 194 Å². The molecule has 282 valence electrons. The first-order valence-corrected chi connectivity index (χ1v) is 20.5. The monoisotopic (exact) mass is 765 g/mol. The number of fused-ring (bicyclic) bond motifs is 5. The van der Waals surface area contributed by atoms with Crippen LogP contribution in [0.5, 0.6) is 0 Å². The second-order valence-electron chi connectivity index (χ2n) is 15.3. The molecule has 0 aliphatic heterocycles. The largest absolute Gasteiger partial charge is 0.455 e. The summed E-state index contributed by atoms with van der Waals surface area (Å²) in [4.78, 5) is 2.41. The van der Waals surface area contributed by atoms with Crippen molar-refractivity contribution in [1.29, 1.82) is 0 Å². The number of nitrogens with zero attached hydrogens (tertiary/aromatic N) is 1. The molecular weight excluding hydrogens is 727 g/mol. The van der Waals surface area contributed by atoms with Gasteiger partial charge in [0.2, 0.25) is 0 Å². The zero-order valence-corrected chi connectivity index (χ0v) is 32.9. The molecule has 0 aliphatic rings. The molecule has 11 aromatic rings. The zero-order chi connectivity index (χ0) is 39.8. The normalized spacial score (nSPS) is 11.3. The minimum atomic E-state index is 0.870. The molecule has 0 aliphatic carbocycles. The molecule has 0 fully saturated rings. The van der Waals surface area contributed by atoms with Crippen LogP contribution in [-0.2, 0) is 0 Å². The van der Waals surface area contributed by atoms with E-state index in [1.54, 1.807) is 0 Å². The van der Waals surface area contributed by atoms with E-state index in [4.69, 9.17) is 4.42 Å². The summed E-state index contributed by atoms with van der Waals surface area (Å²) in [6, 6.07) is 84.8. The fourth-order valence-electron chi connectivity index (χ4n) is 8.72. The Balaban J connectivity index is 1.11.